The Morgan fingerprint density at radius 2 is 1.70 bits per heavy atom. The van der Waals surface area contributed by atoms with Crippen LogP contribution in [-0.2, 0) is 0 Å². The normalized spacial score (nSPS) is 12.8. The van der Waals surface area contributed by atoms with Crippen molar-refractivity contribution in [1.29, 1.82) is 0 Å². The lowest BCUT2D eigenvalue weighted by molar-refractivity contribution is 0.0940. The molecule has 3 aromatic heterocycles. The monoisotopic (exact) mass is 441 g/mol. The second kappa shape index (κ2) is 8.31. The predicted molar refractivity (Wildman–Crippen MR) is 132 cm³/mol. The van der Waals surface area contributed by atoms with Crippen molar-refractivity contribution in [3.8, 4) is 0 Å². The van der Waals surface area contributed by atoms with Gasteiger partial charge in [-0.3, -0.25) is 14.0 Å². The van der Waals surface area contributed by atoms with Crippen molar-refractivity contribution in [2.75, 3.05) is 0 Å². The van der Waals surface area contributed by atoms with Gasteiger partial charge in [-0.2, -0.15) is 0 Å². The van der Waals surface area contributed by atoms with E-state index in [2.05, 4.69) is 24.1 Å². The summed E-state index contributed by atoms with van der Waals surface area (Å²) >= 11 is 0. The molecule has 2 N–H and O–H groups in total. The van der Waals surface area contributed by atoms with Crippen molar-refractivity contribution in [2.45, 2.75) is 46.1 Å². The highest BCUT2D eigenvalue weighted by atomic mass is 16.2. The fraction of sp³-hybridized carbons (Fsp3) is 0.308. The molecule has 0 saturated carbocycles. The molecule has 3 heterocycles. The van der Waals surface area contributed by atoms with E-state index in [-0.39, 0.29) is 17.5 Å². The van der Waals surface area contributed by atoms with Gasteiger partial charge in [0.1, 0.15) is 16.7 Å². The van der Waals surface area contributed by atoms with Crippen LogP contribution in [0.1, 0.15) is 50.4 Å². The van der Waals surface area contributed by atoms with Gasteiger partial charge in [-0.05, 0) is 43.5 Å². The van der Waals surface area contributed by atoms with Crippen molar-refractivity contribution in [2.24, 2.45) is 5.92 Å². The molecule has 0 bridgehead atoms. The first-order chi connectivity index (χ1) is 15.9. The molecule has 1 amide bonds. The average molecular weight is 442 g/mol. The minimum atomic E-state index is -0.255. The Balaban J connectivity index is 1.72. The summed E-state index contributed by atoms with van der Waals surface area (Å²) in [5.41, 5.74) is 3.67. The molecule has 2 aromatic carbocycles. The average Bonchev–Trinajstić information content (AvgIpc) is 3.10. The van der Waals surface area contributed by atoms with E-state index in [4.69, 9.17) is 9.97 Å². The first-order valence-corrected chi connectivity index (χ1v) is 11.5. The Morgan fingerprint density at radius 1 is 1.00 bits per heavy atom. The SMILES string of the molecule is CC(C)CCCC(C)NC(=O)c1c2nc3ccccc3nc2n2c1[nH]c(=O)c1ccccc12. The molecule has 5 rings (SSSR count). The quantitative estimate of drug-likeness (QED) is 0.395. The number of benzene rings is 2. The van der Waals surface area contributed by atoms with Crippen LogP contribution >= 0.6 is 0 Å². The van der Waals surface area contributed by atoms with Gasteiger partial charge in [-0.15, -0.1) is 0 Å². The van der Waals surface area contributed by atoms with Crippen molar-refractivity contribution in [3.05, 3.63) is 64.4 Å². The molecule has 0 aliphatic heterocycles. The number of rotatable bonds is 6. The number of fused-ring (bicyclic) bond motifs is 6. The van der Waals surface area contributed by atoms with Gasteiger partial charge < -0.3 is 10.3 Å². The number of nitrogens with one attached hydrogen (secondary N) is 2. The standard InChI is InChI=1S/C26H27N5O2/c1-15(2)9-8-10-16(3)27-26(33)21-22-24(29-19-13-6-5-12-18(19)28-22)31-20-14-7-4-11-17(20)25(32)30-23(21)31/h4-7,11-16H,8-10H2,1-3H3,(H,27,33)(H,30,32). The minimum absolute atomic E-state index is 0.00171. The Hall–Kier alpha value is -3.74. The highest BCUT2D eigenvalue weighted by molar-refractivity contribution is 6.13. The summed E-state index contributed by atoms with van der Waals surface area (Å²) in [6.45, 7) is 6.41. The first-order valence-electron chi connectivity index (χ1n) is 11.5. The Bertz CT molecular complexity index is 1560. The van der Waals surface area contributed by atoms with Gasteiger partial charge in [0, 0.05) is 6.04 Å². The Kier molecular flexibility index (Phi) is 5.32. The fourth-order valence-electron chi connectivity index (χ4n) is 4.45. The number of hydrogen-bond acceptors (Lipinski definition) is 4. The first kappa shape index (κ1) is 21.1. The smallest absolute Gasteiger partial charge is 0.258 e. The summed E-state index contributed by atoms with van der Waals surface area (Å²) in [5.74, 6) is 0.379. The van der Waals surface area contributed by atoms with Gasteiger partial charge >= 0.3 is 0 Å². The van der Waals surface area contributed by atoms with Crippen molar-refractivity contribution >= 4 is 44.7 Å². The van der Waals surface area contributed by atoms with E-state index in [9.17, 15) is 9.59 Å². The molecular weight excluding hydrogens is 414 g/mol. The van der Waals surface area contributed by atoms with Crippen LogP contribution < -0.4 is 10.9 Å². The third-order valence-electron chi connectivity index (χ3n) is 6.11. The fourth-order valence-corrected chi connectivity index (χ4v) is 4.45. The van der Waals surface area contributed by atoms with Crippen LogP contribution in [0.5, 0.6) is 0 Å². The van der Waals surface area contributed by atoms with Crippen molar-refractivity contribution in [1.82, 2.24) is 24.7 Å². The lowest BCUT2D eigenvalue weighted by Gasteiger charge is -2.14. The molecule has 33 heavy (non-hydrogen) atoms. The van der Waals surface area contributed by atoms with Crippen LogP contribution in [0.25, 0.3) is 38.7 Å². The van der Waals surface area contributed by atoms with Crippen LogP contribution in [0.4, 0.5) is 0 Å². The van der Waals surface area contributed by atoms with Gasteiger partial charge in [0.25, 0.3) is 11.5 Å². The summed E-state index contributed by atoms with van der Waals surface area (Å²) in [7, 11) is 0. The number of H-pyrrole nitrogens is 1. The maximum atomic E-state index is 13.5. The number of carbonyl (C=O) groups is 1. The summed E-state index contributed by atoms with van der Waals surface area (Å²) in [5, 5.41) is 3.65. The van der Waals surface area contributed by atoms with E-state index in [1.165, 1.54) is 0 Å². The van der Waals surface area contributed by atoms with E-state index >= 15 is 0 Å². The lowest BCUT2D eigenvalue weighted by Crippen LogP contribution is -2.33. The van der Waals surface area contributed by atoms with Crippen molar-refractivity contribution in [3.63, 3.8) is 0 Å². The van der Waals surface area contributed by atoms with E-state index in [1.807, 2.05) is 53.8 Å². The van der Waals surface area contributed by atoms with E-state index < -0.39 is 0 Å². The Morgan fingerprint density at radius 3 is 2.45 bits per heavy atom. The molecule has 0 aliphatic carbocycles. The van der Waals surface area contributed by atoms with Gasteiger partial charge in [0.05, 0.1) is 21.9 Å². The topological polar surface area (TPSA) is 92.2 Å². The number of nitrogens with zero attached hydrogens (tertiary/aromatic N) is 3. The van der Waals surface area contributed by atoms with Crippen molar-refractivity contribution < 1.29 is 4.79 Å². The highest BCUT2D eigenvalue weighted by Crippen LogP contribution is 2.27. The number of para-hydroxylation sites is 3. The van der Waals surface area contributed by atoms with Gasteiger partial charge in [-0.25, -0.2) is 9.97 Å². The molecular formula is C26H27N5O2. The molecule has 5 aromatic rings. The van der Waals surface area contributed by atoms with Gasteiger partial charge in [0.2, 0.25) is 0 Å². The molecule has 0 aliphatic rings. The number of carbonyl (C=O) groups excluding carboxylic acids is 1. The number of aromatic nitrogens is 4. The van der Waals surface area contributed by atoms with Crippen LogP contribution in [0.2, 0.25) is 0 Å². The van der Waals surface area contributed by atoms with Gasteiger partial charge in [0.15, 0.2) is 5.65 Å². The summed E-state index contributed by atoms with van der Waals surface area (Å²) in [4.78, 5) is 38.9. The minimum Gasteiger partial charge on any atom is -0.349 e. The van der Waals surface area contributed by atoms with Crippen LogP contribution in [0.15, 0.2) is 53.3 Å². The number of aromatic amines is 1. The third-order valence-corrected chi connectivity index (χ3v) is 6.11. The zero-order valence-electron chi connectivity index (χ0n) is 19.1. The largest absolute Gasteiger partial charge is 0.349 e. The van der Waals surface area contributed by atoms with Gasteiger partial charge in [-0.1, -0.05) is 51.0 Å². The van der Waals surface area contributed by atoms with Crippen LogP contribution in [0.3, 0.4) is 0 Å². The maximum Gasteiger partial charge on any atom is 0.258 e. The zero-order valence-corrected chi connectivity index (χ0v) is 19.1. The molecule has 168 valence electrons. The predicted octanol–water partition coefficient (Wildman–Crippen LogP) is 4.82. The summed E-state index contributed by atoms with van der Waals surface area (Å²) in [6.07, 6.45) is 3.05. The zero-order chi connectivity index (χ0) is 23.1. The second-order valence-electron chi connectivity index (χ2n) is 9.11. The van der Waals surface area contributed by atoms with E-state index in [0.717, 1.165) is 24.8 Å². The molecule has 0 spiro atoms. The van der Waals surface area contributed by atoms with E-state index in [1.54, 1.807) is 6.07 Å². The Labute approximate surface area is 190 Å². The molecule has 0 fully saturated rings. The lowest BCUT2D eigenvalue weighted by atomic mass is 10.0. The number of hydrogen-bond donors (Lipinski definition) is 2. The summed E-state index contributed by atoms with van der Waals surface area (Å²) < 4.78 is 1.84. The molecule has 7 nitrogen and oxygen atoms in total. The third kappa shape index (κ3) is 3.73. The molecule has 0 radical (unpaired) electrons. The summed E-state index contributed by atoms with van der Waals surface area (Å²) in [6, 6.07) is 14.9. The molecule has 1 unspecified atom stereocenters. The van der Waals surface area contributed by atoms with Crippen LogP contribution in [-0.4, -0.2) is 31.3 Å². The highest BCUT2D eigenvalue weighted by Gasteiger charge is 2.24. The van der Waals surface area contributed by atoms with E-state index in [0.29, 0.717) is 44.7 Å². The molecule has 1 atom stereocenters. The molecule has 0 saturated heterocycles. The van der Waals surface area contributed by atoms with Crippen LogP contribution in [0, 0.1) is 5.92 Å². The maximum absolute atomic E-state index is 13.5. The number of amides is 1. The molecule has 7 heteroatoms. The second-order valence-corrected chi connectivity index (χ2v) is 9.11.